The van der Waals surface area contributed by atoms with Crippen LogP contribution in [-0.2, 0) is 9.53 Å². The normalized spacial score (nSPS) is 16.1. The minimum Gasteiger partial charge on any atom is -0.497 e. The molecular formula is C13H14O4. The molecule has 2 rings (SSSR count). The van der Waals surface area contributed by atoms with Crippen molar-refractivity contribution in [1.82, 2.24) is 0 Å². The number of carbonyl (C=O) groups is 2. The van der Waals surface area contributed by atoms with Crippen LogP contribution < -0.4 is 4.74 Å². The second-order valence-corrected chi connectivity index (χ2v) is 4.13. The quantitative estimate of drug-likeness (QED) is 0.453. The van der Waals surface area contributed by atoms with Crippen molar-refractivity contribution < 1.29 is 19.1 Å². The van der Waals surface area contributed by atoms with E-state index in [1.165, 1.54) is 7.11 Å². The molecular weight excluding hydrogens is 220 g/mol. The first-order valence-electron chi connectivity index (χ1n) is 5.41. The maximum Gasteiger partial charge on any atom is 0.319 e. The van der Waals surface area contributed by atoms with Gasteiger partial charge in [0, 0.05) is 5.56 Å². The zero-order valence-corrected chi connectivity index (χ0v) is 9.86. The van der Waals surface area contributed by atoms with E-state index >= 15 is 0 Å². The Hall–Kier alpha value is -1.84. The zero-order chi connectivity index (χ0) is 12.5. The van der Waals surface area contributed by atoms with Gasteiger partial charge < -0.3 is 9.47 Å². The van der Waals surface area contributed by atoms with E-state index in [-0.39, 0.29) is 5.78 Å². The summed E-state index contributed by atoms with van der Waals surface area (Å²) in [7, 11) is 2.87. The number of esters is 1. The van der Waals surface area contributed by atoms with E-state index in [9.17, 15) is 9.59 Å². The maximum absolute atomic E-state index is 12.2. The van der Waals surface area contributed by atoms with E-state index in [1.807, 2.05) is 0 Å². The fraction of sp³-hybridized carbons (Fsp3) is 0.385. The molecule has 0 radical (unpaired) electrons. The summed E-state index contributed by atoms with van der Waals surface area (Å²) in [5.41, 5.74) is -0.405. The highest BCUT2D eigenvalue weighted by molar-refractivity contribution is 6.14. The Kier molecular flexibility index (Phi) is 2.88. The molecule has 1 aliphatic carbocycles. The first kappa shape index (κ1) is 11.6. The third-order valence-electron chi connectivity index (χ3n) is 3.11. The number of ether oxygens (including phenoxy) is 2. The van der Waals surface area contributed by atoms with Crippen LogP contribution in [-0.4, -0.2) is 26.0 Å². The summed E-state index contributed by atoms with van der Waals surface area (Å²) in [6, 6.07) is 6.76. The van der Waals surface area contributed by atoms with E-state index in [1.54, 1.807) is 31.4 Å². The van der Waals surface area contributed by atoms with Gasteiger partial charge in [0.2, 0.25) is 0 Å². The molecule has 1 fully saturated rings. The van der Waals surface area contributed by atoms with Crippen LogP contribution in [0.4, 0.5) is 0 Å². The number of Topliss-reactive ketones (excluding diaryl/α,β-unsaturated/α-hetero) is 1. The van der Waals surface area contributed by atoms with Crippen molar-refractivity contribution in [2.75, 3.05) is 14.2 Å². The number of benzene rings is 1. The molecule has 4 nitrogen and oxygen atoms in total. The van der Waals surface area contributed by atoms with Gasteiger partial charge in [0.05, 0.1) is 14.2 Å². The highest BCUT2D eigenvalue weighted by Crippen LogP contribution is 2.49. The topological polar surface area (TPSA) is 52.6 Å². The van der Waals surface area contributed by atoms with Crippen molar-refractivity contribution in [3.63, 3.8) is 0 Å². The molecule has 4 heteroatoms. The van der Waals surface area contributed by atoms with E-state index in [2.05, 4.69) is 4.74 Å². The van der Waals surface area contributed by atoms with Gasteiger partial charge in [-0.25, -0.2) is 0 Å². The highest BCUT2D eigenvalue weighted by atomic mass is 16.5. The monoisotopic (exact) mass is 234 g/mol. The standard InChI is InChI=1S/C13H14O4/c1-16-10-5-3-9(4-6-10)11(14)13(7-8-13)12(15)17-2/h3-6H,7-8H2,1-2H3. The van der Waals surface area contributed by atoms with Gasteiger partial charge in [-0.3, -0.25) is 9.59 Å². The van der Waals surface area contributed by atoms with Gasteiger partial charge in [-0.2, -0.15) is 0 Å². The Labute approximate surface area is 99.5 Å². The number of carbonyl (C=O) groups excluding carboxylic acids is 2. The number of hydrogen-bond donors (Lipinski definition) is 0. The lowest BCUT2D eigenvalue weighted by molar-refractivity contribution is -0.145. The van der Waals surface area contributed by atoms with E-state index in [0.29, 0.717) is 24.2 Å². The Morgan fingerprint density at radius 1 is 1.12 bits per heavy atom. The van der Waals surface area contributed by atoms with Gasteiger partial charge in [-0.1, -0.05) is 0 Å². The molecule has 0 aromatic heterocycles. The van der Waals surface area contributed by atoms with Gasteiger partial charge >= 0.3 is 5.97 Å². The smallest absolute Gasteiger partial charge is 0.319 e. The number of hydrogen-bond acceptors (Lipinski definition) is 4. The van der Waals surface area contributed by atoms with Crippen LogP contribution in [0.25, 0.3) is 0 Å². The summed E-state index contributed by atoms with van der Waals surface area (Å²) in [5.74, 6) is 0.0924. The third-order valence-corrected chi connectivity index (χ3v) is 3.11. The SMILES string of the molecule is COC(=O)C1(C(=O)c2ccc(OC)cc2)CC1. The summed E-state index contributed by atoms with van der Waals surface area (Å²) in [6.07, 6.45) is 1.15. The predicted octanol–water partition coefficient (Wildman–Crippen LogP) is 1.83. The second kappa shape index (κ2) is 4.20. The Balaban J connectivity index is 2.22. The van der Waals surface area contributed by atoms with E-state index in [0.717, 1.165) is 0 Å². The molecule has 17 heavy (non-hydrogen) atoms. The largest absolute Gasteiger partial charge is 0.497 e. The maximum atomic E-state index is 12.2. The Bertz CT molecular complexity index is 443. The summed E-state index contributed by atoms with van der Waals surface area (Å²) < 4.78 is 9.70. The van der Waals surface area contributed by atoms with Crippen LogP contribution in [0, 0.1) is 5.41 Å². The molecule has 0 N–H and O–H groups in total. The van der Waals surface area contributed by atoms with E-state index < -0.39 is 11.4 Å². The van der Waals surface area contributed by atoms with Crippen molar-refractivity contribution in [3.05, 3.63) is 29.8 Å². The van der Waals surface area contributed by atoms with Crippen molar-refractivity contribution in [1.29, 1.82) is 0 Å². The number of methoxy groups -OCH3 is 2. The van der Waals surface area contributed by atoms with Crippen LogP contribution in [0.1, 0.15) is 23.2 Å². The fourth-order valence-corrected chi connectivity index (χ4v) is 1.86. The Morgan fingerprint density at radius 2 is 1.71 bits per heavy atom. The molecule has 0 unspecified atom stereocenters. The van der Waals surface area contributed by atoms with Gasteiger partial charge in [0.15, 0.2) is 5.78 Å². The minimum atomic E-state index is -0.927. The molecule has 90 valence electrons. The first-order chi connectivity index (χ1) is 8.14. The average Bonchev–Trinajstić information content (AvgIpc) is 3.18. The number of ketones is 1. The third kappa shape index (κ3) is 1.90. The molecule has 1 saturated carbocycles. The fourth-order valence-electron chi connectivity index (χ4n) is 1.86. The molecule has 1 aromatic carbocycles. The summed E-state index contributed by atoms with van der Waals surface area (Å²) in [4.78, 5) is 23.8. The van der Waals surface area contributed by atoms with Crippen LogP contribution in [0.2, 0.25) is 0 Å². The second-order valence-electron chi connectivity index (χ2n) is 4.13. The minimum absolute atomic E-state index is 0.160. The lowest BCUT2D eigenvalue weighted by atomic mass is 9.95. The predicted molar refractivity (Wildman–Crippen MR) is 61.0 cm³/mol. The summed E-state index contributed by atoms with van der Waals surface area (Å²) in [5, 5.41) is 0. The van der Waals surface area contributed by atoms with E-state index in [4.69, 9.17) is 4.74 Å². The zero-order valence-electron chi connectivity index (χ0n) is 9.86. The molecule has 0 bridgehead atoms. The molecule has 0 spiro atoms. The van der Waals surface area contributed by atoms with Gasteiger partial charge in [-0.05, 0) is 37.1 Å². The molecule has 0 aliphatic heterocycles. The molecule has 0 heterocycles. The molecule has 0 saturated heterocycles. The first-order valence-corrected chi connectivity index (χ1v) is 5.41. The lowest BCUT2D eigenvalue weighted by Crippen LogP contribution is -2.27. The molecule has 1 aromatic rings. The summed E-state index contributed by atoms with van der Waals surface area (Å²) in [6.45, 7) is 0. The van der Waals surface area contributed by atoms with Crippen molar-refractivity contribution in [2.45, 2.75) is 12.8 Å². The average molecular weight is 234 g/mol. The van der Waals surface area contributed by atoms with Crippen molar-refractivity contribution >= 4 is 11.8 Å². The Morgan fingerprint density at radius 3 is 2.12 bits per heavy atom. The van der Waals surface area contributed by atoms with Crippen molar-refractivity contribution in [3.8, 4) is 5.75 Å². The number of rotatable bonds is 4. The van der Waals surface area contributed by atoms with Gasteiger partial charge in [0.1, 0.15) is 11.2 Å². The van der Waals surface area contributed by atoms with Crippen LogP contribution in [0.3, 0.4) is 0 Å². The van der Waals surface area contributed by atoms with Gasteiger partial charge in [-0.15, -0.1) is 0 Å². The summed E-state index contributed by atoms with van der Waals surface area (Å²) >= 11 is 0. The van der Waals surface area contributed by atoms with Crippen LogP contribution in [0.5, 0.6) is 5.75 Å². The van der Waals surface area contributed by atoms with Crippen molar-refractivity contribution in [2.24, 2.45) is 5.41 Å². The molecule has 0 amide bonds. The lowest BCUT2D eigenvalue weighted by Gasteiger charge is -2.11. The van der Waals surface area contributed by atoms with Gasteiger partial charge in [0.25, 0.3) is 0 Å². The molecule has 0 atom stereocenters. The highest BCUT2D eigenvalue weighted by Gasteiger charge is 2.57. The molecule has 1 aliphatic rings. The van der Waals surface area contributed by atoms with Crippen LogP contribution in [0.15, 0.2) is 24.3 Å². The van der Waals surface area contributed by atoms with Crippen LogP contribution >= 0.6 is 0 Å².